The number of amides is 2. The topological polar surface area (TPSA) is 67.2 Å². The molecule has 0 rings (SSSR count). The highest BCUT2D eigenvalue weighted by Gasteiger charge is 2.16. The lowest BCUT2D eigenvalue weighted by atomic mass is 9.89. The van der Waals surface area contributed by atoms with Crippen molar-refractivity contribution in [3.05, 3.63) is 0 Å². The predicted octanol–water partition coefficient (Wildman–Crippen LogP) is 0.290. The second-order valence-corrected chi connectivity index (χ2v) is 3.64. The Morgan fingerprint density at radius 3 is 2.50 bits per heavy atom. The molecule has 4 heteroatoms. The molecule has 0 saturated carbocycles. The molecular weight excluding hydrogens is 154 g/mol. The molecule has 12 heavy (non-hydrogen) atoms. The predicted molar refractivity (Wildman–Crippen MR) is 49.9 cm³/mol. The Morgan fingerprint density at radius 2 is 2.08 bits per heavy atom. The minimum absolute atomic E-state index is 0.0846. The summed E-state index contributed by atoms with van der Waals surface area (Å²) in [4.78, 5) is 10.8. The van der Waals surface area contributed by atoms with E-state index in [0.717, 1.165) is 6.42 Å². The van der Waals surface area contributed by atoms with Gasteiger partial charge in [0.1, 0.15) is 0 Å². The van der Waals surface area contributed by atoms with Gasteiger partial charge in [0, 0.05) is 13.6 Å². The van der Waals surface area contributed by atoms with Crippen molar-refractivity contribution in [1.82, 2.24) is 10.6 Å². The first-order valence-electron chi connectivity index (χ1n) is 4.17. The zero-order valence-electron chi connectivity index (χ0n) is 8.11. The van der Waals surface area contributed by atoms with Gasteiger partial charge in [-0.25, -0.2) is 4.79 Å². The summed E-state index contributed by atoms with van der Waals surface area (Å²) in [6.45, 7) is 5.47. The zero-order valence-corrected chi connectivity index (χ0v) is 8.11. The van der Waals surface area contributed by atoms with Gasteiger partial charge in [-0.1, -0.05) is 13.8 Å². The van der Waals surface area contributed by atoms with Gasteiger partial charge in [-0.15, -0.1) is 0 Å². The van der Waals surface area contributed by atoms with Crippen LogP contribution in [0, 0.1) is 5.41 Å². The van der Waals surface area contributed by atoms with Crippen molar-refractivity contribution in [3.8, 4) is 0 Å². The smallest absolute Gasteiger partial charge is 0.314 e. The lowest BCUT2D eigenvalue weighted by molar-refractivity contribution is 0.234. The highest BCUT2D eigenvalue weighted by Crippen LogP contribution is 2.17. The van der Waals surface area contributed by atoms with E-state index in [-0.39, 0.29) is 11.4 Å². The van der Waals surface area contributed by atoms with Crippen molar-refractivity contribution in [2.75, 3.05) is 20.1 Å². The van der Waals surface area contributed by atoms with Crippen LogP contribution < -0.4 is 16.4 Å². The van der Waals surface area contributed by atoms with Gasteiger partial charge >= 0.3 is 6.03 Å². The van der Waals surface area contributed by atoms with E-state index in [4.69, 9.17) is 5.73 Å². The van der Waals surface area contributed by atoms with Gasteiger partial charge in [-0.3, -0.25) is 0 Å². The van der Waals surface area contributed by atoms with Crippen LogP contribution in [0.15, 0.2) is 0 Å². The van der Waals surface area contributed by atoms with E-state index in [2.05, 4.69) is 24.5 Å². The first-order chi connectivity index (χ1) is 5.52. The second-order valence-electron chi connectivity index (χ2n) is 3.64. The average molecular weight is 173 g/mol. The van der Waals surface area contributed by atoms with Crippen LogP contribution in [0.1, 0.15) is 20.3 Å². The summed E-state index contributed by atoms with van der Waals surface area (Å²) < 4.78 is 0. The van der Waals surface area contributed by atoms with Crippen LogP contribution in [-0.2, 0) is 0 Å². The van der Waals surface area contributed by atoms with E-state index >= 15 is 0 Å². The first kappa shape index (κ1) is 11.2. The Labute approximate surface area is 73.9 Å². The molecule has 4 N–H and O–H groups in total. The van der Waals surface area contributed by atoms with Gasteiger partial charge in [0.05, 0.1) is 0 Å². The molecule has 2 amide bonds. The van der Waals surface area contributed by atoms with E-state index in [1.807, 2.05) is 0 Å². The largest absolute Gasteiger partial charge is 0.341 e. The molecule has 0 aromatic heterocycles. The molecule has 0 saturated heterocycles. The fourth-order valence-electron chi connectivity index (χ4n) is 0.887. The second kappa shape index (κ2) is 4.98. The Bertz CT molecular complexity index is 145. The Kier molecular flexibility index (Phi) is 4.66. The third-order valence-electron chi connectivity index (χ3n) is 1.78. The lowest BCUT2D eigenvalue weighted by Crippen LogP contribution is -2.39. The fourth-order valence-corrected chi connectivity index (χ4v) is 0.887. The van der Waals surface area contributed by atoms with Crippen molar-refractivity contribution >= 4 is 6.03 Å². The van der Waals surface area contributed by atoms with Crippen molar-refractivity contribution in [2.24, 2.45) is 11.1 Å². The van der Waals surface area contributed by atoms with Gasteiger partial charge in [0.25, 0.3) is 0 Å². The van der Waals surface area contributed by atoms with Gasteiger partial charge in [0.15, 0.2) is 0 Å². The summed E-state index contributed by atoms with van der Waals surface area (Å²) in [5.74, 6) is 0. The number of rotatable bonds is 4. The fraction of sp³-hybridized carbons (Fsp3) is 0.875. The summed E-state index contributed by atoms with van der Waals surface area (Å²) in [6.07, 6.45) is 0.914. The zero-order chi connectivity index (χ0) is 9.61. The van der Waals surface area contributed by atoms with Gasteiger partial charge in [-0.05, 0) is 18.4 Å². The summed E-state index contributed by atoms with van der Waals surface area (Å²) in [7, 11) is 1.60. The maximum absolute atomic E-state index is 10.8. The standard InChI is InChI=1S/C8H19N3O/c1-8(2,4-5-9)6-11-7(12)10-3/h4-6,9H2,1-3H3,(H2,10,11,12). The maximum Gasteiger partial charge on any atom is 0.314 e. The molecule has 0 unspecified atom stereocenters. The van der Waals surface area contributed by atoms with E-state index in [1.165, 1.54) is 0 Å². The third kappa shape index (κ3) is 4.96. The Balaban J connectivity index is 3.67. The van der Waals surface area contributed by atoms with Crippen LogP contribution in [0.5, 0.6) is 0 Å². The molecular formula is C8H19N3O. The highest BCUT2D eigenvalue weighted by atomic mass is 16.2. The van der Waals surface area contributed by atoms with Crippen LogP contribution in [0.25, 0.3) is 0 Å². The first-order valence-corrected chi connectivity index (χ1v) is 4.17. The molecule has 0 heterocycles. The van der Waals surface area contributed by atoms with Crippen molar-refractivity contribution in [1.29, 1.82) is 0 Å². The molecule has 0 bridgehead atoms. The molecule has 0 radical (unpaired) electrons. The van der Waals surface area contributed by atoms with Gasteiger partial charge in [-0.2, -0.15) is 0 Å². The number of hydrogen-bond donors (Lipinski definition) is 3. The monoisotopic (exact) mass is 173 g/mol. The summed E-state index contributed by atoms with van der Waals surface area (Å²) in [6, 6.07) is -0.139. The van der Waals surface area contributed by atoms with Crippen LogP contribution in [0.4, 0.5) is 4.79 Å². The minimum Gasteiger partial charge on any atom is -0.341 e. The molecule has 0 spiro atoms. The highest BCUT2D eigenvalue weighted by molar-refractivity contribution is 5.73. The van der Waals surface area contributed by atoms with E-state index in [0.29, 0.717) is 13.1 Å². The van der Waals surface area contributed by atoms with Crippen molar-refractivity contribution in [3.63, 3.8) is 0 Å². The minimum atomic E-state index is -0.139. The summed E-state index contributed by atoms with van der Waals surface area (Å²) in [5.41, 5.74) is 5.51. The molecule has 0 aliphatic rings. The number of nitrogens with one attached hydrogen (secondary N) is 2. The molecule has 0 aromatic carbocycles. The van der Waals surface area contributed by atoms with Crippen molar-refractivity contribution < 1.29 is 4.79 Å². The van der Waals surface area contributed by atoms with E-state index in [1.54, 1.807) is 7.05 Å². The number of carbonyl (C=O) groups is 1. The maximum atomic E-state index is 10.8. The average Bonchev–Trinajstić information content (AvgIpc) is 2.00. The Morgan fingerprint density at radius 1 is 1.50 bits per heavy atom. The van der Waals surface area contributed by atoms with Gasteiger partial charge < -0.3 is 16.4 Å². The van der Waals surface area contributed by atoms with Crippen LogP contribution >= 0.6 is 0 Å². The summed E-state index contributed by atoms with van der Waals surface area (Å²) in [5, 5.41) is 5.25. The quantitative estimate of drug-likeness (QED) is 0.572. The SMILES string of the molecule is CNC(=O)NCC(C)(C)CCN. The molecule has 0 aliphatic carbocycles. The Hall–Kier alpha value is -0.770. The molecule has 0 fully saturated rings. The molecule has 4 nitrogen and oxygen atoms in total. The normalized spacial score (nSPS) is 11.0. The number of nitrogens with two attached hydrogens (primary N) is 1. The number of hydrogen-bond acceptors (Lipinski definition) is 2. The van der Waals surface area contributed by atoms with E-state index in [9.17, 15) is 4.79 Å². The summed E-state index contributed by atoms with van der Waals surface area (Å²) >= 11 is 0. The molecule has 0 aliphatic heterocycles. The molecule has 0 atom stereocenters. The van der Waals surface area contributed by atoms with Crippen LogP contribution in [0.3, 0.4) is 0 Å². The number of urea groups is 1. The lowest BCUT2D eigenvalue weighted by Gasteiger charge is -2.23. The molecule has 0 aromatic rings. The van der Waals surface area contributed by atoms with E-state index < -0.39 is 0 Å². The van der Waals surface area contributed by atoms with Crippen molar-refractivity contribution in [2.45, 2.75) is 20.3 Å². The number of carbonyl (C=O) groups excluding carboxylic acids is 1. The van der Waals surface area contributed by atoms with Crippen LogP contribution in [0.2, 0.25) is 0 Å². The molecule has 72 valence electrons. The van der Waals surface area contributed by atoms with Crippen LogP contribution in [-0.4, -0.2) is 26.2 Å². The van der Waals surface area contributed by atoms with Gasteiger partial charge in [0.2, 0.25) is 0 Å². The third-order valence-corrected chi connectivity index (χ3v) is 1.78.